The van der Waals surface area contributed by atoms with Crippen LogP contribution >= 0.6 is 0 Å². The van der Waals surface area contributed by atoms with E-state index in [-0.39, 0.29) is 23.7 Å². The summed E-state index contributed by atoms with van der Waals surface area (Å²) in [7, 11) is 1.62. The van der Waals surface area contributed by atoms with Crippen molar-refractivity contribution in [2.45, 2.75) is 25.8 Å². The summed E-state index contributed by atoms with van der Waals surface area (Å²) in [6, 6.07) is 14.0. The van der Waals surface area contributed by atoms with E-state index in [1.165, 1.54) is 6.07 Å². The van der Waals surface area contributed by atoms with Gasteiger partial charge in [0.15, 0.2) is 0 Å². The minimum Gasteiger partial charge on any atom is -0.497 e. The number of hydrogen-bond donors (Lipinski definition) is 1. The third kappa shape index (κ3) is 4.68. The first-order valence-corrected chi connectivity index (χ1v) is 10.3. The lowest BCUT2D eigenvalue weighted by atomic mass is 9.95. The maximum Gasteiger partial charge on any atom is 0.324 e. The van der Waals surface area contributed by atoms with Crippen LogP contribution in [0, 0.1) is 11.7 Å². The zero-order valence-electron chi connectivity index (χ0n) is 17.5. The van der Waals surface area contributed by atoms with Crippen LogP contribution in [0.5, 0.6) is 5.75 Å². The van der Waals surface area contributed by atoms with Gasteiger partial charge in [0.2, 0.25) is 11.7 Å². The van der Waals surface area contributed by atoms with Crippen molar-refractivity contribution in [3.8, 4) is 17.1 Å². The molecule has 1 aromatic heterocycles. The zero-order valence-corrected chi connectivity index (χ0v) is 17.5. The van der Waals surface area contributed by atoms with Crippen LogP contribution in [-0.2, 0) is 4.79 Å². The van der Waals surface area contributed by atoms with E-state index in [9.17, 15) is 9.18 Å². The van der Waals surface area contributed by atoms with Gasteiger partial charge in [-0.05, 0) is 50.1 Å². The number of carbonyl (C=O) groups is 1. The fourth-order valence-corrected chi connectivity index (χ4v) is 3.77. The molecular formula is C23H25FN4O3. The van der Waals surface area contributed by atoms with E-state index in [0.717, 1.165) is 11.3 Å². The smallest absolute Gasteiger partial charge is 0.324 e. The highest BCUT2D eigenvalue weighted by molar-refractivity contribution is 5.79. The van der Waals surface area contributed by atoms with Crippen LogP contribution in [0.15, 0.2) is 53.1 Å². The van der Waals surface area contributed by atoms with Crippen LogP contribution in [0.25, 0.3) is 11.4 Å². The normalized spacial score (nSPS) is 15.5. The number of amides is 1. The maximum absolute atomic E-state index is 13.9. The molecule has 0 aliphatic carbocycles. The number of methoxy groups -OCH3 is 1. The first-order chi connectivity index (χ1) is 15.0. The summed E-state index contributed by atoms with van der Waals surface area (Å²) in [6.45, 7) is 3.07. The zero-order chi connectivity index (χ0) is 21.8. The van der Waals surface area contributed by atoms with Gasteiger partial charge in [0.25, 0.3) is 0 Å². The highest BCUT2D eigenvalue weighted by Gasteiger charge is 2.28. The molecule has 3 aromatic rings. The lowest BCUT2D eigenvalue weighted by molar-refractivity contribution is -0.126. The number of hydrogen-bond acceptors (Lipinski definition) is 6. The first-order valence-electron chi connectivity index (χ1n) is 10.3. The molecule has 1 aliphatic heterocycles. The number of halogens is 1. The molecule has 0 radical (unpaired) electrons. The molecule has 4 rings (SSSR count). The molecule has 0 bridgehead atoms. The molecule has 2 aromatic carbocycles. The van der Waals surface area contributed by atoms with Gasteiger partial charge >= 0.3 is 6.01 Å². The number of benzene rings is 2. The summed E-state index contributed by atoms with van der Waals surface area (Å²) in [5.41, 5.74) is 1.33. The molecule has 7 nitrogen and oxygen atoms in total. The van der Waals surface area contributed by atoms with Gasteiger partial charge in [-0.2, -0.15) is 4.98 Å². The molecule has 0 unspecified atom stereocenters. The van der Waals surface area contributed by atoms with E-state index in [1.54, 1.807) is 32.2 Å². The van der Waals surface area contributed by atoms with Gasteiger partial charge in [0, 0.05) is 30.1 Å². The van der Waals surface area contributed by atoms with Crippen molar-refractivity contribution in [1.82, 2.24) is 15.5 Å². The molecule has 1 saturated heterocycles. The Balaban J connectivity index is 1.33. The predicted octanol–water partition coefficient (Wildman–Crippen LogP) is 3.98. The number of anilines is 1. The standard InChI is InChI=1S/C23H25FN4O3/c1-15(19-5-3-4-6-20(19)24)25-22(29)17-11-13-28(14-12-17)23-26-21(27-31-23)16-7-9-18(30-2)10-8-16/h3-10,15,17H,11-14H2,1-2H3,(H,25,29)/t15-/m0/s1. The highest BCUT2D eigenvalue weighted by atomic mass is 19.1. The average molecular weight is 424 g/mol. The van der Waals surface area contributed by atoms with Crippen LogP contribution in [0.4, 0.5) is 10.4 Å². The van der Waals surface area contributed by atoms with E-state index in [4.69, 9.17) is 9.26 Å². The van der Waals surface area contributed by atoms with Crippen LogP contribution in [0.3, 0.4) is 0 Å². The van der Waals surface area contributed by atoms with Gasteiger partial charge in [0.1, 0.15) is 11.6 Å². The number of rotatable bonds is 6. The molecule has 1 atom stereocenters. The van der Waals surface area contributed by atoms with Crippen LogP contribution in [-0.4, -0.2) is 36.2 Å². The highest BCUT2D eigenvalue weighted by Crippen LogP contribution is 2.26. The number of ether oxygens (including phenoxy) is 1. The average Bonchev–Trinajstić information content (AvgIpc) is 3.30. The Bertz CT molecular complexity index is 1030. The SMILES string of the molecule is COc1ccc(-c2noc(N3CCC(C(=O)N[C@@H](C)c4ccccc4F)CC3)n2)cc1. The van der Waals surface area contributed by atoms with Crippen LogP contribution in [0.1, 0.15) is 31.4 Å². The molecule has 31 heavy (non-hydrogen) atoms. The molecule has 162 valence electrons. The molecule has 1 fully saturated rings. The Morgan fingerprint density at radius 1 is 1.19 bits per heavy atom. The predicted molar refractivity (Wildman–Crippen MR) is 114 cm³/mol. The summed E-state index contributed by atoms with van der Waals surface area (Å²) in [4.78, 5) is 19.1. The van der Waals surface area contributed by atoms with Crippen molar-refractivity contribution in [2.75, 3.05) is 25.1 Å². The minimum atomic E-state index is -0.380. The fraction of sp³-hybridized carbons (Fsp3) is 0.348. The number of nitrogens with zero attached hydrogens (tertiary/aromatic N) is 3. The van der Waals surface area contributed by atoms with E-state index < -0.39 is 0 Å². The van der Waals surface area contributed by atoms with Gasteiger partial charge in [0.05, 0.1) is 13.2 Å². The molecule has 1 aliphatic rings. The summed E-state index contributed by atoms with van der Waals surface area (Å²) < 4.78 is 24.6. The summed E-state index contributed by atoms with van der Waals surface area (Å²) in [6.07, 6.45) is 1.33. The van der Waals surface area contributed by atoms with Crippen molar-refractivity contribution >= 4 is 11.9 Å². The number of nitrogens with one attached hydrogen (secondary N) is 1. The fourth-order valence-electron chi connectivity index (χ4n) is 3.77. The summed E-state index contributed by atoms with van der Waals surface area (Å²) in [5.74, 6) is 0.775. The van der Waals surface area contributed by atoms with Crippen LogP contribution < -0.4 is 15.0 Å². The van der Waals surface area contributed by atoms with E-state index in [1.807, 2.05) is 29.2 Å². The Hall–Kier alpha value is -3.42. The number of aromatic nitrogens is 2. The van der Waals surface area contributed by atoms with Crippen LogP contribution in [0.2, 0.25) is 0 Å². The lowest BCUT2D eigenvalue weighted by Gasteiger charge is -2.30. The Morgan fingerprint density at radius 3 is 2.58 bits per heavy atom. The van der Waals surface area contributed by atoms with Gasteiger partial charge in [-0.15, -0.1) is 0 Å². The second-order valence-corrected chi connectivity index (χ2v) is 7.64. The van der Waals surface area contributed by atoms with Gasteiger partial charge in [-0.25, -0.2) is 4.39 Å². The van der Waals surface area contributed by atoms with Gasteiger partial charge < -0.3 is 19.5 Å². The van der Waals surface area contributed by atoms with Crippen molar-refractivity contribution in [3.05, 3.63) is 59.9 Å². The largest absolute Gasteiger partial charge is 0.497 e. The molecule has 1 amide bonds. The van der Waals surface area contributed by atoms with Crippen molar-refractivity contribution in [2.24, 2.45) is 5.92 Å². The van der Waals surface area contributed by atoms with Gasteiger partial charge in [-0.3, -0.25) is 4.79 Å². The number of carbonyl (C=O) groups excluding carboxylic acids is 1. The monoisotopic (exact) mass is 424 g/mol. The second kappa shape index (κ2) is 9.16. The topological polar surface area (TPSA) is 80.5 Å². The molecule has 2 heterocycles. The Labute approximate surface area is 180 Å². The van der Waals surface area contributed by atoms with E-state index >= 15 is 0 Å². The summed E-state index contributed by atoms with van der Waals surface area (Å²) >= 11 is 0. The second-order valence-electron chi connectivity index (χ2n) is 7.64. The Kier molecular flexibility index (Phi) is 6.16. The van der Waals surface area contributed by atoms with Gasteiger partial charge in [-0.1, -0.05) is 23.4 Å². The molecule has 0 spiro atoms. The quantitative estimate of drug-likeness (QED) is 0.645. The molecule has 0 saturated carbocycles. The van der Waals surface area contributed by atoms with E-state index in [0.29, 0.717) is 43.3 Å². The minimum absolute atomic E-state index is 0.0557. The third-order valence-corrected chi connectivity index (χ3v) is 5.63. The number of piperidine rings is 1. The molecule has 8 heteroatoms. The van der Waals surface area contributed by atoms with Crippen molar-refractivity contribution in [1.29, 1.82) is 0 Å². The first kappa shape index (κ1) is 20.8. The van der Waals surface area contributed by atoms with Crippen molar-refractivity contribution in [3.63, 3.8) is 0 Å². The lowest BCUT2D eigenvalue weighted by Crippen LogP contribution is -2.41. The third-order valence-electron chi connectivity index (χ3n) is 5.63. The Morgan fingerprint density at radius 2 is 1.90 bits per heavy atom. The van der Waals surface area contributed by atoms with Crippen molar-refractivity contribution < 1.29 is 18.4 Å². The molecular weight excluding hydrogens is 399 g/mol. The van der Waals surface area contributed by atoms with E-state index in [2.05, 4.69) is 15.5 Å². The summed E-state index contributed by atoms with van der Waals surface area (Å²) in [5, 5.41) is 7.01. The molecule has 1 N–H and O–H groups in total. The maximum atomic E-state index is 13.9.